The number of hydrogen-bond donors (Lipinski definition) is 2. The molecule has 2 N–H and O–H groups in total. The zero-order valence-electron chi connectivity index (χ0n) is 6.26. The summed E-state index contributed by atoms with van der Waals surface area (Å²) in [7, 11) is 0. The van der Waals surface area contributed by atoms with Crippen LogP contribution in [-0.2, 0) is 13.0 Å². The van der Waals surface area contributed by atoms with Crippen molar-refractivity contribution in [3.63, 3.8) is 0 Å². The number of aromatic nitrogens is 2. The second-order valence-corrected chi connectivity index (χ2v) is 3.15. The fourth-order valence-corrected chi connectivity index (χ4v) is 1.66. The van der Waals surface area contributed by atoms with E-state index in [2.05, 4.69) is 31.4 Å². The van der Waals surface area contributed by atoms with Crippen molar-refractivity contribution >= 4 is 40.7 Å². The molecule has 6 heteroatoms. The Kier molecular flexibility index (Phi) is 5.16. The molecular weight excluding hydrogens is 265 g/mol. The Bertz CT molecular complexity index is 251. The number of hydrogen-bond acceptors (Lipinski definition) is 2. The number of fused-ring (bicyclic) bond motifs is 1. The number of nitrogens with one attached hydrogen (secondary N) is 2. The number of rotatable bonds is 0. The molecule has 2 heterocycles. The molecular formula is C6H10BrCl2N3. The van der Waals surface area contributed by atoms with E-state index in [0.717, 1.165) is 24.1 Å². The summed E-state index contributed by atoms with van der Waals surface area (Å²) in [5.74, 6) is 0. The Morgan fingerprint density at radius 1 is 1.33 bits per heavy atom. The molecule has 1 aliphatic heterocycles. The van der Waals surface area contributed by atoms with Gasteiger partial charge in [0.05, 0.1) is 0 Å². The minimum absolute atomic E-state index is 0. The van der Waals surface area contributed by atoms with Crippen LogP contribution in [-0.4, -0.2) is 16.7 Å². The standard InChI is InChI=1S/C6H8BrN3.2ClH/c7-6-4-3-8-2-1-5(4)9-10-6;;/h8H,1-3H2,(H,9,10);2*1H. The first-order valence-electron chi connectivity index (χ1n) is 3.30. The van der Waals surface area contributed by atoms with Crippen molar-refractivity contribution in [2.24, 2.45) is 0 Å². The molecule has 0 saturated heterocycles. The largest absolute Gasteiger partial charge is 0.312 e. The van der Waals surface area contributed by atoms with Gasteiger partial charge in [-0.15, -0.1) is 24.8 Å². The molecule has 1 aromatic heterocycles. The van der Waals surface area contributed by atoms with Gasteiger partial charge in [0.1, 0.15) is 4.60 Å². The van der Waals surface area contributed by atoms with Gasteiger partial charge in [-0.2, -0.15) is 5.10 Å². The molecule has 0 unspecified atom stereocenters. The number of H-pyrrole nitrogens is 1. The normalized spacial score (nSPS) is 14.1. The molecule has 1 aliphatic rings. The van der Waals surface area contributed by atoms with Crippen LogP contribution in [0.15, 0.2) is 4.60 Å². The van der Waals surface area contributed by atoms with Crippen LogP contribution in [0.1, 0.15) is 11.3 Å². The van der Waals surface area contributed by atoms with E-state index in [9.17, 15) is 0 Å². The maximum atomic E-state index is 4.05. The Balaban J connectivity index is 0.000000605. The van der Waals surface area contributed by atoms with Crippen LogP contribution in [0.3, 0.4) is 0 Å². The van der Waals surface area contributed by atoms with Crippen LogP contribution in [0.2, 0.25) is 0 Å². The van der Waals surface area contributed by atoms with Gasteiger partial charge >= 0.3 is 0 Å². The first kappa shape index (κ1) is 12.2. The van der Waals surface area contributed by atoms with Crippen LogP contribution in [0.25, 0.3) is 0 Å². The second-order valence-electron chi connectivity index (χ2n) is 2.40. The van der Waals surface area contributed by atoms with E-state index in [1.165, 1.54) is 11.3 Å². The molecule has 0 radical (unpaired) electrons. The summed E-state index contributed by atoms with van der Waals surface area (Å²) in [6, 6.07) is 0. The van der Waals surface area contributed by atoms with Gasteiger partial charge in [0.25, 0.3) is 0 Å². The lowest BCUT2D eigenvalue weighted by Gasteiger charge is -2.10. The lowest BCUT2D eigenvalue weighted by Crippen LogP contribution is -2.23. The first-order chi connectivity index (χ1) is 4.88. The van der Waals surface area contributed by atoms with Crippen molar-refractivity contribution in [3.8, 4) is 0 Å². The third-order valence-electron chi connectivity index (χ3n) is 1.76. The predicted octanol–water partition coefficient (Wildman–Crippen LogP) is 1.66. The SMILES string of the molecule is Brc1n[nH]c2c1CNCC2.Cl.Cl. The van der Waals surface area contributed by atoms with Crippen molar-refractivity contribution in [2.45, 2.75) is 13.0 Å². The lowest BCUT2D eigenvalue weighted by molar-refractivity contribution is 0.636. The fourth-order valence-electron chi connectivity index (χ4n) is 1.19. The van der Waals surface area contributed by atoms with Gasteiger partial charge in [0, 0.05) is 30.8 Å². The Morgan fingerprint density at radius 3 is 2.75 bits per heavy atom. The van der Waals surface area contributed by atoms with Crippen molar-refractivity contribution in [2.75, 3.05) is 6.54 Å². The molecule has 0 fully saturated rings. The molecule has 0 amide bonds. The van der Waals surface area contributed by atoms with Gasteiger partial charge in [-0.1, -0.05) is 0 Å². The molecule has 70 valence electrons. The molecule has 0 bridgehead atoms. The van der Waals surface area contributed by atoms with Gasteiger partial charge in [-0.05, 0) is 15.9 Å². The molecule has 0 aromatic carbocycles. The summed E-state index contributed by atoms with van der Waals surface area (Å²) in [5.41, 5.74) is 2.55. The van der Waals surface area contributed by atoms with E-state index >= 15 is 0 Å². The van der Waals surface area contributed by atoms with Crippen molar-refractivity contribution < 1.29 is 0 Å². The molecule has 12 heavy (non-hydrogen) atoms. The molecule has 0 saturated carbocycles. The van der Waals surface area contributed by atoms with Gasteiger partial charge in [0.15, 0.2) is 0 Å². The highest BCUT2D eigenvalue weighted by Gasteiger charge is 2.13. The maximum Gasteiger partial charge on any atom is 0.132 e. The predicted molar refractivity (Wildman–Crippen MR) is 56.2 cm³/mol. The van der Waals surface area contributed by atoms with Crippen LogP contribution < -0.4 is 5.32 Å². The van der Waals surface area contributed by atoms with Gasteiger partial charge in [-0.25, -0.2) is 0 Å². The number of aromatic amines is 1. The smallest absolute Gasteiger partial charge is 0.132 e. The Hall–Kier alpha value is 0.230. The summed E-state index contributed by atoms with van der Waals surface area (Å²) >= 11 is 3.37. The zero-order valence-corrected chi connectivity index (χ0v) is 9.48. The van der Waals surface area contributed by atoms with E-state index < -0.39 is 0 Å². The van der Waals surface area contributed by atoms with Gasteiger partial charge in [-0.3, -0.25) is 5.10 Å². The molecule has 2 rings (SSSR count). The van der Waals surface area contributed by atoms with E-state index in [1.54, 1.807) is 0 Å². The highest BCUT2D eigenvalue weighted by Crippen LogP contribution is 2.19. The summed E-state index contributed by atoms with van der Waals surface area (Å²) in [5, 5.41) is 10.3. The molecule has 1 aromatic rings. The van der Waals surface area contributed by atoms with Gasteiger partial charge < -0.3 is 5.32 Å². The highest BCUT2D eigenvalue weighted by atomic mass is 79.9. The van der Waals surface area contributed by atoms with Crippen molar-refractivity contribution in [3.05, 3.63) is 15.9 Å². The monoisotopic (exact) mass is 273 g/mol. The summed E-state index contributed by atoms with van der Waals surface area (Å²) in [6.07, 6.45) is 1.06. The zero-order chi connectivity index (χ0) is 6.97. The number of halogens is 3. The van der Waals surface area contributed by atoms with Crippen molar-refractivity contribution in [1.29, 1.82) is 0 Å². The van der Waals surface area contributed by atoms with Crippen LogP contribution in [0, 0.1) is 0 Å². The second kappa shape index (κ2) is 5.07. The van der Waals surface area contributed by atoms with Crippen LogP contribution >= 0.6 is 40.7 Å². The number of nitrogens with zero attached hydrogens (tertiary/aromatic N) is 1. The van der Waals surface area contributed by atoms with Gasteiger partial charge in [0.2, 0.25) is 0 Å². The third-order valence-corrected chi connectivity index (χ3v) is 2.41. The van der Waals surface area contributed by atoms with Crippen LogP contribution in [0.4, 0.5) is 0 Å². The highest BCUT2D eigenvalue weighted by molar-refractivity contribution is 9.10. The summed E-state index contributed by atoms with van der Waals surface area (Å²) < 4.78 is 0.953. The van der Waals surface area contributed by atoms with Crippen LogP contribution in [0.5, 0.6) is 0 Å². The fraction of sp³-hybridized carbons (Fsp3) is 0.500. The lowest BCUT2D eigenvalue weighted by atomic mass is 10.1. The average Bonchev–Trinajstić information content (AvgIpc) is 2.34. The Labute approximate surface area is 91.6 Å². The molecule has 0 atom stereocenters. The molecule has 0 aliphatic carbocycles. The third kappa shape index (κ3) is 2.13. The van der Waals surface area contributed by atoms with Crippen molar-refractivity contribution in [1.82, 2.24) is 15.5 Å². The molecule has 0 spiro atoms. The maximum absolute atomic E-state index is 4.05. The Morgan fingerprint density at radius 2 is 2.08 bits per heavy atom. The van der Waals surface area contributed by atoms with E-state index in [4.69, 9.17) is 0 Å². The molecule has 3 nitrogen and oxygen atoms in total. The van der Waals surface area contributed by atoms with E-state index in [-0.39, 0.29) is 24.8 Å². The summed E-state index contributed by atoms with van der Waals surface area (Å²) in [6.45, 7) is 1.99. The van der Waals surface area contributed by atoms with E-state index in [0.29, 0.717) is 0 Å². The quantitative estimate of drug-likeness (QED) is 0.756. The summed E-state index contributed by atoms with van der Waals surface area (Å²) in [4.78, 5) is 0. The minimum Gasteiger partial charge on any atom is -0.312 e. The average molecular weight is 275 g/mol. The minimum atomic E-state index is 0. The van der Waals surface area contributed by atoms with E-state index in [1.807, 2.05) is 0 Å². The first-order valence-corrected chi connectivity index (χ1v) is 4.09. The topological polar surface area (TPSA) is 40.7 Å².